The third-order valence-corrected chi connectivity index (χ3v) is 5.60. The summed E-state index contributed by atoms with van der Waals surface area (Å²) < 4.78 is 2.13. The van der Waals surface area contributed by atoms with Gasteiger partial charge in [-0.1, -0.05) is 71.5 Å². The molecule has 2 aromatic heterocycles. The molecular weight excluding hydrogens is 356 g/mol. The van der Waals surface area contributed by atoms with Gasteiger partial charge in [0.15, 0.2) is 0 Å². The van der Waals surface area contributed by atoms with Gasteiger partial charge in [-0.05, 0) is 31.1 Å². The molecule has 0 saturated carbocycles. The second-order valence-electron chi connectivity index (χ2n) is 6.59. The Bertz CT molecular complexity index is 1290. The van der Waals surface area contributed by atoms with Crippen LogP contribution in [0.3, 0.4) is 0 Å². The maximum absolute atomic E-state index is 12.9. The Kier molecular flexibility index (Phi) is 4.46. The van der Waals surface area contributed by atoms with Crippen LogP contribution < -0.4 is 15.7 Å². The third kappa shape index (κ3) is 3.34. The molecule has 0 amide bonds. The number of thiazole rings is 1. The second kappa shape index (κ2) is 6.93. The number of aryl methyl sites for hydroxylation is 2. The van der Waals surface area contributed by atoms with Gasteiger partial charge in [0.25, 0.3) is 11.1 Å². The Labute approximate surface area is 160 Å². The Morgan fingerprint density at radius 2 is 1.70 bits per heavy atom. The summed E-state index contributed by atoms with van der Waals surface area (Å²) in [5, 5.41) is 0. The van der Waals surface area contributed by atoms with Crippen molar-refractivity contribution in [1.82, 2.24) is 9.38 Å². The first-order valence-corrected chi connectivity index (χ1v) is 9.52. The van der Waals surface area contributed by atoms with Crippen LogP contribution >= 0.6 is 11.3 Å². The molecule has 0 fully saturated rings. The van der Waals surface area contributed by atoms with E-state index in [-0.39, 0.29) is 11.1 Å². The van der Waals surface area contributed by atoms with Crippen molar-refractivity contribution < 1.29 is 0 Å². The molecule has 4 nitrogen and oxygen atoms in total. The number of rotatable bonds is 3. The minimum Gasteiger partial charge on any atom is -0.267 e. The van der Waals surface area contributed by atoms with Crippen LogP contribution in [0.5, 0.6) is 0 Å². The summed E-state index contributed by atoms with van der Waals surface area (Å²) >= 11 is 1.25. The minimum absolute atomic E-state index is 0.130. The first kappa shape index (κ1) is 17.4. The summed E-state index contributed by atoms with van der Waals surface area (Å²) in [6.45, 7) is 3.84. The van der Waals surface area contributed by atoms with Gasteiger partial charge in [0.1, 0.15) is 0 Å². The molecule has 4 aromatic rings. The van der Waals surface area contributed by atoms with E-state index in [0.29, 0.717) is 27.2 Å². The lowest BCUT2D eigenvalue weighted by Gasteiger charge is -2.06. The highest BCUT2D eigenvalue weighted by molar-refractivity contribution is 7.15. The zero-order valence-electron chi connectivity index (χ0n) is 15.1. The molecule has 0 spiro atoms. The summed E-state index contributed by atoms with van der Waals surface area (Å²) in [7, 11) is 0. The fourth-order valence-corrected chi connectivity index (χ4v) is 4.12. The molecule has 0 aliphatic carbocycles. The highest BCUT2D eigenvalue weighted by Gasteiger charge is 2.14. The molecule has 0 radical (unpaired) electrons. The van der Waals surface area contributed by atoms with Crippen LogP contribution in [0.4, 0.5) is 0 Å². The van der Waals surface area contributed by atoms with Crippen LogP contribution in [0.25, 0.3) is 11.0 Å². The summed E-state index contributed by atoms with van der Waals surface area (Å²) in [5.74, 6) is 0. The maximum atomic E-state index is 12.9. The Morgan fingerprint density at radius 3 is 2.41 bits per heavy atom. The molecule has 5 heteroatoms. The van der Waals surface area contributed by atoms with E-state index in [0.717, 1.165) is 11.1 Å². The Balaban J connectivity index is 1.88. The maximum Gasteiger partial charge on any atom is 0.277 e. The number of hydrogen-bond donors (Lipinski definition) is 0. The van der Waals surface area contributed by atoms with Crippen molar-refractivity contribution >= 4 is 22.4 Å². The quantitative estimate of drug-likeness (QED) is 0.554. The molecule has 2 heterocycles. The summed E-state index contributed by atoms with van der Waals surface area (Å²) in [4.78, 5) is 30.1. The lowest BCUT2D eigenvalue weighted by Crippen LogP contribution is -2.27. The molecule has 0 saturated heterocycles. The molecule has 134 valence electrons. The van der Waals surface area contributed by atoms with Gasteiger partial charge >= 0.3 is 0 Å². The lowest BCUT2D eigenvalue weighted by molar-refractivity contribution is 0.940. The first-order chi connectivity index (χ1) is 13.0. The normalized spacial score (nSPS) is 12.0. The Hall–Kier alpha value is -3.05. The molecule has 2 aromatic carbocycles. The van der Waals surface area contributed by atoms with E-state index >= 15 is 0 Å². The van der Waals surface area contributed by atoms with Crippen LogP contribution in [0, 0.1) is 13.8 Å². The fourth-order valence-electron chi connectivity index (χ4n) is 3.11. The van der Waals surface area contributed by atoms with Crippen LogP contribution in [0.1, 0.15) is 27.9 Å². The van der Waals surface area contributed by atoms with Gasteiger partial charge in [0.05, 0.1) is 4.53 Å². The van der Waals surface area contributed by atoms with Gasteiger partial charge in [-0.3, -0.25) is 14.0 Å². The summed E-state index contributed by atoms with van der Waals surface area (Å²) in [5.41, 5.74) is 3.98. The van der Waals surface area contributed by atoms with Gasteiger partial charge in [0, 0.05) is 17.7 Å². The number of aromatic nitrogens is 2. The largest absolute Gasteiger partial charge is 0.277 e. The number of benzene rings is 2. The number of nitrogens with zero attached hydrogens (tertiary/aromatic N) is 2. The molecule has 0 unspecified atom stereocenters. The SMILES string of the molecule is Cc1ccc(/C=c2\sc3nc(=O)c(Cc4ccccc4)c(C)n3c2=O)cc1. The van der Waals surface area contributed by atoms with Gasteiger partial charge in [-0.15, -0.1) is 0 Å². The Morgan fingerprint density at radius 1 is 1.00 bits per heavy atom. The lowest BCUT2D eigenvalue weighted by atomic mass is 10.1. The van der Waals surface area contributed by atoms with Crippen molar-refractivity contribution in [2.45, 2.75) is 20.3 Å². The molecule has 0 N–H and O–H groups in total. The first-order valence-electron chi connectivity index (χ1n) is 8.70. The van der Waals surface area contributed by atoms with E-state index < -0.39 is 0 Å². The van der Waals surface area contributed by atoms with Gasteiger partial charge in [-0.25, -0.2) is 0 Å². The van der Waals surface area contributed by atoms with Crippen LogP contribution in [-0.2, 0) is 6.42 Å². The summed E-state index contributed by atoms with van der Waals surface area (Å²) in [6, 6.07) is 17.7. The zero-order chi connectivity index (χ0) is 19.0. The summed E-state index contributed by atoms with van der Waals surface area (Å²) in [6.07, 6.45) is 2.32. The van der Waals surface area contributed by atoms with Crippen LogP contribution in [-0.4, -0.2) is 9.38 Å². The van der Waals surface area contributed by atoms with Gasteiger partial charge in [-0.2, -0.15) is 4.98 Å². The van der Waals surface area contributed by atoms with E-state index in [1.165, 1.54) is 16.9 Å². The van der Waals surface area contributed by atoms with Crippen molar-refractivity contribution in [1.29, 1.82) is 0 Å². The standard InChI is InChI=1S/C22H18N2O2S/c1-14-8-10-17(11-9-14)13-19-21(26)24-15(2)18(20(25)23-22(24)27-19)12-16-6-4-3-5-7-16/h3-11,13H,12H2,1-2H3/b19-13-. The van der Waals surface area contributed by atoms with E-state index in [1.807, 2.05) is 74.5 Å². The molecule has 0 atom stereocenters. The fraction of sp³-hybridized carbons (Fsp3) is 0.136. The highest BCUT2D eigenvalue weighted by atomic mass is 32.1. The average Bonchev–Trinajstić information content (AvgIpc) is 2.97. The van der Waals surface area contributed by atoms with E-state index in [2.05, 4.69) is 4.98 Å². The number of hydrogen-bond acceptors (Lipinski definition) is 4. The highest BCUT2D eigenvalue weighted by Crippen LogP contribution is 2.12. The topological polar surface area (TPSA) is 51.4 Å². The third-order valence-electron chi connectivity index (χ3n) is 4.63. The molecule has 4 rings (SSSR count). The molecular formula is C22H18N2O2S. The molecule has 0 bridgehead atoms. The van der Waals surface area contributed by atoms with E-state index in [1.54, 1.807) is 4.40 Å². The van der Waals surface area contributed by atoms with Gasteiger partial charge < -0.3 is 0 Å². The minimum atomic E-state index is -0.264. The van der Waals surface area contributed by atoms with Crippen LogP contribution in [0.15, 0.2) is 64.2 Å². The molecule has 0 aliphatic rings. The second-order valence-corrected chi connectivity index (χ2v) is 7.60. The van der Waals surface area contributed by atoms with Crippen molar-refractivity contribution in [3.63, 3.8) is 0 Å². The molecule has 0 aliphatic heterocycles. The van der Waals surface area contributed by atoms with Crippen molar-refractivity contribution in [2.75, 3.05) is 0 Å². The van der Waals surface area contributed by atoms with Crippen LogP contribution in [0.2, 0.25) is 0 Å². The predicted molar refractivity (Wildman–Crippen MR) is 110 cm³/mol. The zero-order valence-corrected chi connectivity index (χ0v) is 15.9. The van der Waals surface area contributed by atoms with E-state index in [9.17, 15) is 9.59 Å². The molecule has 27 heavy (non-hydrogen) atoms. The van der Waals surface area contributed by atoms with Crippen molar-refractivity contribution in [2.24, 2.45) is 0 Å². The van der Waals surface area contributed by atoms with Crippen molar-refractivity contribution in [3.05, 3.63) is 108 Å². The van der Waals surface area contributed by atoms with E-state index in [4.69, 9.17) is 0 Å². The monoisotopic (exact) mass is 374 g/mol. The van der Waals surface area contributed by atoms with Gasteiger partial charge in [0.2, 0.25) is 4.96 Å². The average molecular weight is 374 g/mol. The van der Waals surface area contributed by atoms with Crippen molar-refractivity contribution in [3.8, 4) is 0 Å². The number of fused-ring (bicyclic) bond motifs is 1. The smallest absolute Gasteiger partial charge is 0.267 e. The predicted octanol–water partition coefficient (Wildman–Crippen LogP) is 2.87.